The van der Waals surface area contributed by atoms with Crippen LogP contribution in [0.5, 0.6) is 5.75 Å². The van der Waals surface area contributed by atoms with Gasteiger partial charge >= 0.3 is 6.18 Å². The first-order valence-corrected chi connectivity index (χ1v) is 12.2. The lowest BCUT2D eigenvalue weighted by Crippen LogP contribution is -2.51. The summed E-state index contributed by atoms with van der Waals surface area (Å²) in [5.41, 5.74) is 7.73. The number of rotatable bonds is 8. The minimum atomic E-state index is -4.33. The fraction of sp³-hybridized carbons (Fsp3) is 0.481. The number of carbonyl (C=O) groups is 2. The average molecular weight is 489 g/mol. The molecule has 1 aliphatic heterocycles. The normalized spacial score (nSPS) is 18.4. The van der Waals surface area contributed by atoms with Crippen molar-refractivity contribution in [2.24, 2.45) is 11.7 Å². The molecule has 4 rings (SSSR count). The molecule has 2 aromatic rings. The van der Waals surface area contributed by atoms with Gasteiger partial charge in [-0.3, -0.25) is 9.59 Å². The number of alkyl halides is 3. The third-order valence-electron chi connectivity index (χ3n) is 7.05. The summed E-state index contributed by atoms with van der Waals surface area (Å²) in [6, 6.07) is 10.2. The van der Waals surface area contributed by atoms with Crippen LogP contribution in [0, 0.1) is 5.92 Å². The van der Waals surface area contributed by atoms with Gasteiger partial charge in [-0.05, 0) is 72.6 Å². The van der Waals surface area contributed by atoms with Crippen molar-refractivity contribution in [3.8, 4) is 5.75 Å². The van der Waals surface area contributed by atoms with Crippen LogP contribution >= 0.6 is 0 Å². The Labute approximate surface area is 203 Å². The predicted molar refractivity (Wildman–Crippen MR) is 126 cm³/mol. The largest absolute Gasteiger partial charge is 0.494 e. The summed E-state index contributed by atoms with van der Waals surface area (Å²) in [6.45, 7) is 0.741. The smallest absolute Gasteiger partial charge is 0.416 e. The Morgan fingerprint density at radius 1 is 1.03 bits per heavy atom. The maximum Gasteiger partial charge on any atom is 0.416 e. The third kappa shape index (κ3) is 6.35. The summed E-state index contributed by atoms with van der Waals surface area (Å²) in [6.07, 6.45) is 2.20. The molecule has 1 aliphatic carbocycles. The van der Waals surface area contributed by atoms with Gasteiger partial charge in [0.1, 0.15) is 11.8 Å². The van der Waals surface area contributed by atoms with Gasteiger partial charge in [0.2, 0.25) is 11.8 Å². The summed E-state index contributed by atoms with van der Waals surface area (Å²) >= 11 is 0. The fourth-order valence-electron chi connectivity index (χ4n) is 5.07. The number of nitrogens with two attached hydrogens (primary N) is 1. The average Bonchev–Trinajstić information content (AvgIpc) is 3.33. The Bertz CT molecular complexity index is 1050. The van der Waals surface area contributed by atoms with Crippen LogP contribution in [0.4, 0.5) is 13.2 Å². The highest BCUT2D eigenvalue weighted by Crippen LogP contribution is 2.32. The number of hydrogen-bond donors (Lipinski definition) is 1. The number of halogens is 3. The van der Waals surface area contributed by atoms with Crippen LogP contribution in [-0.2, 0) is 35.2 Å². The third-order valence-corrected chi connectivity index (χ3v) is 7.05. The van der Waals surface area contributed by atoms with Crippen LogP contribution in [0.25, 0.3) is 0 Å². The topological polar surface area (TPSA) is 72.6 Å². The Morgan fingerprint density at radius 3 is 2.40 bits per heavy atom. The molecule has 1 unspecified atom stereocenters. The number of ether oxygens (including phenoxy) is 1. The molecule has 35 heavy (non-hydrogen) atoms. The molecular weight excluding hydrogens is 457 g/mol. The standard InChI is InChI=1S/C27H31F3N2O3/c28-27(29,30)22-10-7-18(8-11-22)6-3-13-35-23-12-9-20-16-24(26(31)34)32(17-21(20)15-23)25(33)14-19-4-1-2-5-19/h7-12,15,19,24H,1-6,13-14,16-17H2,(H2,31,34). The van der Waals surface area contributed by atoms with Crippen molar-refractivity contribution < 1.29 is 27.5 Å². The van der Waals surface area contributed by atoms with Crippen LogP contribution < -0.4 is 10.5 Å². The van der Waals surface area contributed by atoms with Crippen LogP contribution in [0.1, 0.15) is 60.8 Å². The van der Waals surface area contributed by atoms with Gasteiger partial charge in [-0.2, -0.15) is 13.2 Å². The summed E-state index contributed by atoms with van der Waals surface area (Å²) in [5.74, 6) is 0.543. The van der Waals surface area contributed by atoms with Crippen molar-refractivity contribution in [2.45, 2.75) is 70.1 Å². The molecule has 0 aromatic heterocycles. The van der Waals surface area contributed by atoms with E-state index in [0.29, 0.717) is 50.5 Å². The first-order valence-electron chi connectivity index (χ1n) is 12.2. The van der Waals surface area contributed by atoms with Gasteiger partial charge in [0.25, 0.3) is 0 Å². The highest BCUT2D eigenvalue weighted by Gasteiger charge is 2.34. The number of benzene rings is 2. The van der Waals surface area contributed by atoms with Gasteiger partial charge in [-0.15, -0.1) is 0 Å². The fourth-order valence-corrected chi connectivity index (χ4v) is 5.07. The van der Waals surface area contributed by atoms with E-state index in [1.54, 1.807) is 4.90 Å². The van der Waals surface area contributed by atoms with Crippen molar-refractivity contribution in [2.75, 3.05) is 6.61 Å². The molecule has 2 amide bonds. The minimum absolute atomic E-state index is 0.0192. The molecule has 2 aliphatic rings. The second kappa shape index (κ2) is 10.7. The first-order chi connectivity index (χ1) is 16.7. The van der Waals surface area contributed by atoms with Crippen LogP contribution in [-0.4, -0.2) is 29.4 Å². The number of fused-ring (bicyclic) bond motifs is 1. The number of aryl methyl sites for hydroxylation is 1. The molecule has 5 nitrogen and oxygen atoms in total. The molecule has 0 radical (unpaired) electrons. The van der Waals surface area contributed by atoms with Gasteiger partial charge in [-0.25, -0.2) is 0 Å². The van der Waals surface area contributed by atoms with Crippen LogP contribution in [0.3, 0.4) is 0 Å². The quantitative estimate of drug-likeness (QED) is 0.530. The predicted octanol–water partition coefficient (Wildman–Crippen LogP) is 5.04. The van der Waals surface area contributed by atoms with Gasteiger partial charge in [0, 0.05) is 19.4 Å². The van der Waals surface area contributed by atoms with E-state index in [9.17, 15) is 22.8 Å². The lowest BCUT2D eigenvalue weighted by Gasteiger charge is -2.36. The molecule has 8 heteroatoms. The van der Waals surface area contributed by atoms with Gasteiger partial charge in [0.05, 0.1) is 12.2 Å². The monoisotopic (exact) mass is 488 g/mol. The van der Waals surface area contributed by atoms with Gasteiger partial charge < -0.3 is 15.4 Å². The van der Waals surface area contributed by atoms with Crippen molar-refractivity contribution in [1.29, 1.82) is 0 Å². The maximum atomic E-state index is 13.0. The molecule has 0 bridgehead atoms. The van der Waals surface area contributed by atoms with E-state index in [0.717, 1.165) is 54.5 Å². The number of amides is 2. The van der Waals surface area contributed by atoms with Crippen LogP contribution in [0.15, 0.2) is 42.5 Å². The van der Waals surface area contributed by atoms with E-state index < -0.39 is 23.7 Å². The van der Waals surface area contributed by atoms with Gasteiger partial charge in [0.15, 0.2) is 0 Å². The molecule has 0 spiro atoms. The number of primary amides is 1. The minimum Gasteiger partial charge on any atom is -0.494 e. The zero-order valence-electron chi connectivity index (χ0n) is 19.7. The SMILES string of the molecule is NC(=O)C1Cc2ccc(OCCCc3ccc(C(F)(F)F)cc3)cc2CN1C(=O)CC1CCCC1. The molecule has 1 heterocycles. The summed E-state index contributed by atoms with van der Waals surface area (Å²) in [5, 5.41) is 0. The second-order valence-corrected chi connectivity index (χ2v) is 9.58. The molecule has 1 fully saturated rings. The van der Waals surface area contributed by atoms with Crippen molar-refractivity contribution in [1.82, 2.24) is 4.90 Å². The molecule has 188 valence electrons. The lowest BCUT2D eigenvalue weighted by molar-refractivity contribution is -0.141. The summed E-state index contributed by atoms with van der Waals surface area (Å²) in [7, 11) is 0. The lowest BCUT2D eigenvalue weighted by atomic mass is 9.92. The number of nitrogens with zero attached hydrogens (tertiary/aromatic N) is 1. The maximum absolute atomic E-state index is 13.0. The molecule has 0 saturated heterocycles. The van der Waals surface area contributed by atoms with E-state index >= 15 is 0 Å². The zero-order chi connectivity index (χ0) is 25.0. The van der Waals surface area contributed by atoms with Crippen molar-refractivity contribution in [3.05, 3.63) is 64.7 Å². The Balaban J connectivity index is 1.33. The molecule has 2 N–H and O–H groups in total. The second-order valence-electron chi connectivity index (χ2n) is 9.58. The molecule has 2 aromatic carbocycles. The van der Waals surface area contributed by atoms with E-state index in [2.05, 4.69) is 0 Å². The van der Waals surface area contributed by atoms with E-state index in [1.807, 2.05) is 18.2 Å². The highest BCUT2D eigenvalue weighted by molar-refractivity contribution is 5.87. The van der Waals surface area contributed by atoms with Gasteiger partial charge in [-0.1, -0.05) is 31.0 Å². The van der Waals surface area contributed by atoms with E-state index in [1.165, 1.54) is 12.1 Å². The molecule has 1 saturated carbocycles. The van der Waals surface area contributed by atoms with E-state index in [4.69, 9.17) is 10.5 Å². The summed E-state index contributed by atoms with van der Waals surface area (Å²) < 4.78 is 43.9. The first kappa shape index (κ1) is 25.1. The summed E-state index contributed by atoms with van der Waals surface area (Å²) in [4.78, 5) is 26.7. The van der Waals surface area contributed by atoms with E-state index in [-0.39, 0.29) is 5.91 Å². The van der Waals surface area contributed by atoms with Crippen LogP contribution in [0.2, 0.25) is 0 Å². The zero-order valence-corrected chi connectivity index (χ0v) is 19.7. The molecular formula is C27H31F3N2O3. The number of carbonyl (C=O) groups excluding carboxylic acids is 2. The Kier molecular flexibility index (Phi) is 7.67. The number of hydrogen-bond acceptors (Lipinski definition) is 3. The Morgan fingerprint density at radius 2 is 1.74 bits per heavy atom. The highest BCUT2D eigenvalue weighted by atomic mass is 19.4. The van der Waals surface area contributed by atoms with Crippen molar-refractivity contribution in [3.63, 3.8) is 0 Å². The molecule has 1 atom stereocenters. The Hall–Kier alpha value is -3.03. The van der Waals surface area contributed by atoms with Crippen molar-refractivity contribution >= 4 is 11.8 Å².